The number of rotatable bonds is 1. The summed E-state index contributed by atoms with van der Waals surface area (Å²) in [6, 6.07) is 8.76. The second kappa shape index (κ2) is 3.93. The zero-order valence-electron chi connectivity index (χ0n) is 8.80. The Morgan fingerprint density at radius 3 is 2.25 bits per heavy atom. The van der Waals surface area contributed by atoms with Gasteiger partial charge in [0.2, 0.25) is 0 Å². The topological polar surface area (TPSA) is 26.0 Å². The van der Waals surface area contributed by atoms with Gasteiger partial charge >= 0.3 is 0 Å². The molecule has 0 spiro atoms. The van der Waals surface area contributed by atoms with Crippen LogP contribution in [0, 0.1) is 18.6 Å². The van der Waals surface area contributed by atoms with Crippen LogP contribution < -0.4 is 5.73 Å². The normalized spacial score (nSPS) is 10.4. The Balaban J connectivity index is 2.63. The average molecular weight is 219 g/mol. The molecule has 0 amide bonds. The van der Waals surface area contributed by atoms with Crippen LogP contribution >= 0.6 is 0 Å². The fourth-order valence-corrected chi connectivity index (χ4v) is 1.68. The third kappa shape index (κ3) is 1.89. The molecule has 0 atom stereocenters. The molecule has 0 bridgehead atoms. The van der Waals surface area contributed by atoms with Crippen molar-refractivity contribution in [2.75, 3.05) is 5.73 Å². The number of hydrogen-bond donors (Lipinski definition) is 1. The molecule has 0 unspecified atom stereocenters. The minimum Gasteiger partial charge on any atom is -0.398 e. The third-order valence-electron chi connectivity index (χ3n) is 2.55. The lowest BCUT2D eigenvalue weighted by Crippen LogP contribution is -1.93. The van der Waals surface area contributed by atoms with Crippen LogP contribution in [0.1, 0.15) is 5.56 Å². The Kier molecular flexibility index (Phi) is 2.60. The summed E-state index contributed by atoms with van der Waals surface area (Å²) in [5.41, 5.74) is 8.44. The second-order valence-corrected chi connectivity index (χ2v) is 3.68. The molecular weight excluding hydrogens is 208 g/mol. The Labute approximate surface area is 92.5 Å². The molecule has 82 valence electrons. The molecule has 1 nitrogen and oxygen atoms in total. The SMILES string of the molecule is Cc1c(N)cccc1-c1cc(F)cc(F)c1. The monoisotopic (exact) mass is 219 g/mol. The molecule has 0 heterocycles. The van der Waals surface area contributed by atoms with Crippen LogP contribution in [0.25, 0.3) is 11.1 Å². The summed E-state index contributed by atoms with van der Waals surface area (Å²) in [6.07, 6.45) is 0. The molecule has 2 aromatic carbocycles. The van der Waals surface area contributed by atoms with Gasteiger partial charge < -0.3 is 5.73 Å². The molecular formula is C13H11F2N. The first kappa shape index (κ1) is 10.6. The van der Waals surface area contributed by atoms with E-state index in [1.54, 1.807) is 18.2 Å². The standard InChI is InChI=1S/C13H11F2N/c1-8-12(3-2-4-13(8)16)9-5-10(14)7-11(15)6-9/h2-7H,16H2,1H3. The molecule has 0 aromatic heterocycles. The summed E-state index contributed by atoms with van der Waals surface area (Å²) >= 11 is 0. The lowest BCUT2D eigenvalue weighted by Gasteiger charge is -2.08. The number of benzene rings is 2. The molecule has 0 saturated carbocycles. The summed E-state index contributed by atoms with van der Waals surface area (Å²) < 4.78 is 26.1. The molecule has 3 heteroatoms. The smallest absolute Gasteiger partial charge is 0.126 e. The molecule has 0 aliphatic heterocycles. The zero-order chi connectivity index (χ0) is 11.7. The van der Waals surface area contributed by atoms with Crippen molar-refractivity contribution in [1.29, 1.82) is 0 Å². The minimum atomic E-state index is -0.586. The van der Waals surface area contributed by atoms with E-state index in [9.17, 15) is 8.78 Å². The molecule has 0 radical (unpaired) electrons. The van der Waals surface area contributed by atoms with Crippen LogP contribution in [-0.4, -0.2) is 0 Å². The number of anilines is 1. The molecule has 0 saturated heterocycles. The summed E-state index contributed by atoms with van der Waals surface area (Å²) in [7, 11) is 0. The van der Waals surface area contributed by atoms with Crippen molar-refractivity contribution in [3.63, 3.8) is 0 Å². The second-order valence-electron chi connectivity index (χ2n) is 3.68. The van der Waals surface area contributed by atoms with Crippen LogP contribution in [0.5, 0.6) is 0 Å². The quantitative estimate of drug-likeness (QED) is 0.729. The van der Waals surface area contributed by atoms with Crippen LogP contribution in [0.4, 0.5) is 14.5 Å². The van der Waals surface area contributed by atoms with Gasteiger partial charge in [-0.3, -0.25) is 0 Å². The van der Waals surface area contributed by atoms with Crippen LogP contribution in [-0.2, 0) is 0 Å². The van der Waals surface area contributed by atoms with Crippen molar-refractivity contribution < 1.29 is 8.78 Å². The van der Waals surface area contributed by atoms with Gasteiger partial charge in [0.05, 0.1) is 0 Å². The molecule has 2 aromatic rings. The minimum absolute atomic E-state index is 0.502. The molecule has 16 heavy (non-hydrogen) atoms. The van der Waals surface area contributed by atoms with Gasteiger partial charge in [-0.25, -0.2) is 8.78 Å². The van der Waals surface area contributed by atoms with E-state index in [0.29, 0.717) is 11.3 Å². The Bertz CT molecular complexity index is 515. The molecule has 0 aliphatic rings. The third-order valence-corrected chi connectivity index (χ3v) is 2.55. The van der Waals surface area contributed by atoms with Crippen molar-refractivity contribution in [2.24, 2.45) is 0 Å². The summed E-state index contributed by atoms with van der Waals surface area (Å²) in [6.45, 7) is 1.83. The van der Waals surface area contributed by atoms with E-state index in [2.05, 4.69) is 0 Å². The molecule has 0 fully saturated rings. The van der Waals surface area contributed by atoms with Crippen molar-refractivity contribution in [1.82, 2.24) is 0 Å². The van der Waals surface area contributed by atoms with Crippen LogP contribution in [0.3, 0.4) is 0 Å². The van der Waals surface area contributed by atoms with Crippen LogP contribution in [0.15, 0.2) is 36.4 Å². The first-order valence-corrected chi connectivity index (χ1v) is 4.89. The number of halogens is 2. The average Bonchev–Trinajstić information content (AvgIpc) is 2.20. The highest BCUT2D eigenvalue weighted by Gasteiger charge is 2.07. The van der Waals surface area contributed by atoms with Gasteiger partial charge in [0, 0.05) is 11.8 Å². The highest BCUT2D eigenvalue weighted by molar-refractivity contribution is 5.72. The lowest BCUT2D eigenvalue weighted by atomic mass is 9.99. The molecule has 2 rings (SSSR count). The Morgan fingerprint density at radius 1 is 1.00 bits per heavy atom. The van der Waals surface area contributed by atoms with Crippen molar-refractivity contribution >= 4 is 5.69 Å². The Hall–Kier alpha value is -1.90. The number of nitrogens with two attached hydrogens (primary N) is 1. The number of hydrogen-bond acceptors (Lipinski definition) is 1. The van der Waals surface area contributed by atoms with E-state index in [1.807, 2.05) is 6.92 Å². The first-order chi connectivity index (χ1) is 7.58. The summed E-state index contributed by atoms with van der Waals surface area (Å²) in [5.74, 6) is -1.17. The van der Waals surface area contributed by atoms with Gasteiger partial charge in [-0.15, -0.1) is 0 Å². The maximum absolute atomic E-state index is 13.1. The van der Waals surface area contributed by atoms with E-state index in [0.717, 1.165) is 17.2 Å². The predicted molar refractivity (Wildman–Crippen MR) is 60.9 cm³/mol. The fourth-order valence-electron chi connectivity index (χ4n) is 1.68. The first-order valence-electron chi connectivity index (χ1n) is 4.89. The zero-order valence-corrected chi connectivity index (χ0v) is 8.80. The largest absolute Gasteiger partial charge is 0.398 e. The maximum atomic E-state index is 13.1. The highest BCUT2D eigenvalue weighted by atomic mass is 19.1. The summed E-state index contributed by atoms with van der Waals surface area (Å²) in [4.78, 5) is 0. The molecule has 2 N–H and O–H groups in total. The van der Waals surface area contributed by atoms with E-state index in [1.165, 1.54) is 12.1 Å². The molecule has 0 aliphatic carbocycles. The van der Waals surface area contributed by atoms with E-state index >= 15 is 0 Å². The highest BCUT2D eigenvalue weighted by Crippen LogP contribution is 2.27. The van der Waals surface area contributed by atoms with E-state index in [4.69, 9.17) is 5.73 Å². The summed E-state index contributed by atoms with van der Waals surface area (Å²) in [5, 5.41) is 0. The van der Waals surface area contributed by atoms with Crippen LogP contribution in [0.2, 0.25) is 0 Å². The maximum Gasteiger partial charge on any atom is 0.126 e. The Morgan fingerprint density at radius 2 is 1.62 bits per heavy atom. The van der Waals surface area contributed by atoms with Gasteiger partial charge in [-0.1, -0.05) is 12.1 Å². The van der Waals surface area contributed by atoms with Gasteiger partial charge in [0.25, 0.3) is 0 Å². The van der Waals surface area contributed by atoms with Crippen molar-refractivity contribution in [3.05, 3.63) is 53.6 Å². The van der Waals surface area contributed by atoms with Gasteiger partial charge in [0.15, 0.2) is 0 Å². The van der Waals surface area contributed by atoms with Crippen molar-refractivity contribution in [3.8, 4) is 11.1 Å². The van der Waals surface area contributed by atoms with Gasteiger partial charge in [-0.2, -0.15) is 0 Å². The van der Waals surface area contributed by atoms with E-state index < -0.39 is 11.6 Å². The van der Waals surface area contributed by atoms with E-state index in [-0.39, 0.29) is 0 Å². The van der Waals surface area contributed by atoms with Gasteiger partial charge in [0.1, 0.15) is 11.6 Å². The lowest BCUT2D eigenvalue weighted by molar-refractivity contribution is 0.584. The van der Waals surface area contributed by atoms with Gasteiger partial charge in [-0.05, 0) is 41.8 Å². The van der Waals surface area contributed by atoms with Crippen molar-refractivity contribution in [2.45, 2.75) is 6.92 Å². The number of nitrogen functional groups attached to an aromatic ring is 1. The fraction of sp³-hybridized carbons (Fsp3) is 0.0769. The predicted octanol–water partition coefficient (Wildman–Crippen LogP) is 3.52.